The van der Waals surface area contributed by atoms with Crippen LogP contribution in [0.2, 0.25) is 0 Å². The molecule has 1 aromatic rings. The van der Waals surface area contributed by atoms with Gasteiger partial charge in [-0.05, 0) is 63.1 Å². The highest BCUT2D eigenvalue weighted by atomic mass is 19.1. The van der Waals surface area contributed by atoms with E-state index in [0.29, 0.717) is 24.2 Å². The summed E-state index contributed by atoms with van der Waals surface area (Å²) in [5, 5.41) is 9.35. The molecular formula is C23H28FNO4. The minimum atomic E-state index is -0.980. The average Bonchev–Trinajstić information content (AvgIpc) is 3.21. The van der Waals surface area contributed by atoms with Gasteiger partial charge < -0.3 is 9.47 Å². The molecule has 0 bridgehead atoms. The van der Waals surface area contributed by atoms with Gasteiger partial charge in [-0.15, -0.1) is 0 Å². The molecule has 3 rings (SSSR count). The van der Waals surface area contributed by atoms with E-state index in [2.05, 4.69) is 6.07 Å². The lowest BCUT2D eigenvalue weighted by molar-refractivity contribution is -0.178. The molecule has 1 heterocycles. The summed E-state index contributed by atoms with van der Waals surface area (Å²) in [4.78, 5) is 24.3. The van der Waals surface area contributed by atoms with Gasteiger partial charge in [0.2, 0.25) is 0 Å². The van der Waals surface area contributed by atoms with Gasteiger partial charge in [0.1, 0.15) is 29.4 Å². The summed E-state index contributed by atoms with van der Waals surface area (Å²) in [5.74, 6) is -0.350. The number of nitrogens with zero attached hydrogens (tertiary/aromatic N) is 1. The van der Waals surface area contributed by atoms with E-state index in [-0.39, 0.29) is 30.1 Å². The normalized spacial score (nSPS) is 23.0. The highest BCUT2D eigenvalue weighted by molar-refractivity contribution is 5.98. The lowest BCUT2D eigenvalue weighted by Gasteiger charge is -2.41. The molecule has 0 radical (unpaired) electrons. The number of rotatable bonds is 6. The average molecular weight is 401 g/mol. The second kappa shape index (κ2) is 8.14. The van der Waals surface area contributed by atoms with E-state index >= 15 is 0 Å². The van der Waals surface area contributed by atoms with E-state index < -0.39 is 22.8 Å². The second-order valence-electron chi connectivity index (χ2n) is 8.79. The number of halogens is 1. The number of Topliss-reactive ketones (excluding diaryl/α,β-unsaturated/α-hetero) is 1. The van der Waals surface area contributed by atoms with Gasteiger partial charge >= 0.3 is 5.97 Å². The number of hydrogen-bond donors (Lipinski definition) is 0. The molecule has 0 N–H and O–H groups in total. The Labute approximate surface area is 171 Å². The summed E-state index contributed by atoms with van der Waals surface area (Å²) in [7, 11) is 1.51. The number of ether oxygens (including phenoxy) is 2. The molecule has 1 atom stereocenters. The number of esters is 1. The van der Waals surface area contributed by atoms with Crippen LogP contribution in [-0.2, 0) is 26.2 Å². The van der Waals surface area contributed by atoms with E-state index in [4.69, 9.17) is 9.47 Å². The number of benzene rings is 1. The molecule has 2 fully saturated rings. The summed E-state index contributed by atoms with van der Waals surface area (Å²) in [6.07, 6.45) is 4.93. The van der Waals surface area contributed by atoms with Gasteiger partial charge in [-0.2, -0.15) is 5.26 Å². The maximum Gasteiger partial charge on any atom is 0.313 e. The molecule has 2 aliphatic rings. The molecule has 1 saturated heterocycles. The van der Waals surface area contributed by atoms with E-state index in [1.165, 1.54) is 13.2 Å². The van der Waals surface area contributed by atoms with Crippen LogP contribution in [0.25, 0.3) is 0 Å². The van der Waals surface area contributed by atoms with Crippen LogP contribution in [0.5, 0.6) is 5.75 Å². The maximum absolute atomic E-state index is 14.8. The first-order valence-electron chi connectivity index (χ1n) is 10.2. The SMILES string of the molecule is COc1cc(C(C)(C)C#N)c(F)cc1CCC1(C2CCCC2)CC(=O)CC(=O)O1. The number of carbonyl (C=O) groups is 2. The van der Waals surface area contributed by atoms with Gasteiger partial charge in [-0.25, -0.2) is 4.39 Å². The lowest BCUT2D eigenvalue weighted by atomic mass is 9.75. The summed E-state index contributed by atoms with van der Waals surface area (Å²) < 4.78 is 26.1. The van der Waals surface area contributed by atoms with Crippen LogP contribution < -0.4 is 4.74 Å². The van der Waals surface area contributed by atoms with Crippen LogP contribution >= 0.6 is 0 Å². The third-order valence-electron chi connectivity index (χ3n) is 6.39. The number of hydrogen-bond acceptors (Lipinski definition) is 5. The minimum absolute atomic E-state index is 0.0857. The largest absolute Gasteiger partial charge is 0.496 e. The molecule has 1 unspecified atom stereocenters. The summed E-state index contributed by atoms with van der Waals surface area (Å²) >= 11 is 0. The van der Waals surface area contributed by atoms with Gasteiger partial charge in [-0.1, -0.05) is 12.8 Å². The standard InChI is InChI=1S/C23H28FNO4/c1-22(2,14-25)18-12-20(28-3)15(10-19(18)24)8-9-23(16-6-4-5-7-16)13-17(26)11-21(27)29-23/h10,12,16H,4-9,11,13H2,1-3H3. The molecular weight excluding hydrogens is 373 g/mol. The van der Waals surface area contributed by atoms with Crippen LogP contribution in [0.1, 0.15) is 69.9 Å². The Morgan fingerprint density at radius 3 is 2.59 bits per heavy atom. The quantitative estimate of drug-likeness (QED) is 0.521. The molecule has 1 aromatic carbocycles. The Bertz CT molecular complexity index is 833. The highest BCUT2D eigenvalue weighted by Gasteiger charge is 2.47. The Hall–Kier alpha value is -2.42. The van der Waals surface area contributed by atoms with Crippen LogP contribution in [-0.4, -0.2) is 24.5 Å². The first kappa shape index (κ1) is 21.3. The van der Waals surface area contributed by atoms with Crippen molar-refractivity contribution in [2.75, 3.05) is 7.11 Å². The zero-order valence-electron chi connectivity index (χ0n) is 17.3. The zero-order chi connectivity index (χ0) is 21.2. The van der Waals surface area contributed by atoms with Crippen molar-refractivity contribution in [2.24, 2.45) is 5.92 Å². The van der Waals surface area contributed by atoms with Crippen molar-refractivity contribution in [3.8, 4) is 11.8 Å². The molecule has 0 amide bonds. The Morgan fingerprint density at radius 1 is 1.31 bits per heavy atom. The minimum Gasteiger partial charge on any atom is -0.496 e. The first-order chi connectivity index (χ1) is 13.7. The van der Waals surface area contributed by atoms with Crippen LogP contribution in [0.15, 0.2) is 12.1 Å². The lowest BCUT2D eigenvalue weighted by Crippen LogP contribution is -2.48. The maximum atomic E-state index is 14.8. The van der Waals surface area contributed by atoms with Crippen LogP contribution in [0.4, 0.5) is 4.39 Å². The molecule has 1 saturated carbocycles. The van der Waals surface area contributed by atoms with Gasteiger partial charge in [0.05, 0.1) is 18.6 Å². The topological polar surface area (TPSA) is 76.4 Å². The fraction of sp³-hybridized carbons (Fsp3) is 0.609. The third kappa shape index (κ3) is 4.29. The van der Waals surface area contributed by atoms with E-state index in [0.717, 1.165) is 25.7 Å². The van der Waals surface area contributed by atoms with E-state index in [1.807, 2.05) is 0 Å². The second-order valence-corrected chi connectivity index (χ2v) is 8.79. The van der Waals surface area contributed by atoms with Crippen molar-refractivity contribution < 1.29 is 23.5 Å². The van der Waals surface area contributed by atoms with Crippen molar-refractivity contribution in [1.29, 1.82) is 5.26 Å². The van der Waals surface area contributed by atoms with Crippen molar-refractivity contribution in [1.82, 2.24) is 0 Å². The van der Waals surface area contributed by atoms with Gasteiger partial charge in [0, 0.05) is 12.0 Å². The fourth-order valence-electron chi connectivity index (χ4n) is 4.74. The van der Waals surface area contributed by atoms with E-state index in [9.17, 15) is 19.2 Å². The van der Waals surface area contributed by atoms with Crippen molar-refractivity contribution in [3.05, 3.63) is 29.1 Å². The smallest absolute Gasteiger partial charge is 0.313 e. The van der Waals surface area contributed by atoms with Crippen molar-refractivity contribution in [3.63, 3.8) is 0 Å². The number of methoxy groups -OCH3 is 1. The summed E-state index contributed by atoms with van der Waals surface area (Å²) in [5.41, 5.74) is -0.860. The molecule has 29 heavy (non-hydrogen) atoms. The summed E-state index contributed by atoms with van der Waals surface area (Å²) in [6.45, 7) is 3.32. The number of nitriles is 1. The predicted octanol–water partition coefficient (Wildman–Crippen LogP) is 4.40. The number of cyclic esters (lactones) is 1. The number of aryl methyl sites for hydroxylation is 1. The monoisotopic (exact) mass is 401 g/mol. The Morgan fingerprint density at radius 2 is 2.00 bits per heavy atom. The fourth-order valence-corrected chi connectivity index (χ4v) is 4.74. The summed E-state index contributed by atoms with van der Waals surface area (Å²) in [6, 6.07) is 5.10. The molecule has 1 aliphatic carbocycles. The molecule has 156 valence electrons. The van der Waals surface area contributed by atoms with E-state index in [1.54, 1.807) is 19.9 Å². The van der Waals surface area contributed by atoms with Gasteiger partial charge in [0.25, 0.3) is 0 Å². The van der Waals surface area contributed by atoms with Crippen LogP contribution in [0, 0.1) is 23.1 Å². The van der Waals surface area contributed by atoms with Gasteiger partial charge in [-0.3, -0.25) is 9.59 Å². The van der Waals surface area contributed by atoms with Crippen molar-refractivity contribution in [2.45, 2.75) is 76.2 Å². The van der Waals surface area contributed by atoms with Crippen molar-refractivity contribution >= 4 is 11.8 Å². The molecule has 1 aliphatic heterocycles. The van der Waals surface area contributed by atoms with Gasteiger partial charge in [0.15, 0.2) is 0 Å². The molecule has 0 spiro atoms. The third-order valence-corrected chi connectivity index (χ3v) is 6.39. The molecule has 0 aromatic heterocycles. The predicted molar refractivity (Wildman–Crippen MR) is 105 cm³/mol. The van der Waals surface area contributed by atoms with Crippen LogP contribution in [0.3, 0.4) is 0 Å². The Kier molecular flexibility index (Phi) is 5.97. The first-order valence-corrected chi connectivity index (χ1v) is 10.2. The molecule has 5 nitrogen and oxygen atoms in total. The molecule has 6 heteroatoms. The number of carbonyl (C=O) groups excluding carboxylic acids is 2. The highest BCUT2D eigenvalue weighted by Crippen LogP contribution is 2.44. The zero-order valence-corrected chi connectivity index (χ0v) is 17.3. The number of ketones is 1. The Balaban J connectivity index is 1.90.